The number of amides is 1. The number of rotatable bonds is 7. The van der Waals surface area contributed by atoms with E-state index in [0.717, 1.165) is 12.2 Å². The molecular formula is C19H24N2O2. The molecule has 1 unspecified atom stereocenters. The maximum absolute atomic E-state index is 11.6. The van der Waals surface area contributed by atoms with Crippen molar-refractivity contribution in [2.24, 2.45) is 5.73 Å². The summed E-state index contributed by atoms with van der Waals surface area (Å²) in [6, 6.07) is 14.9. The third kappa shape index (κ3) is 5.42. The number of hydrogen-bond acceptors (Lipinski definition) is 3. The first kappa shape index (κ1) is 17.0. The summed E-state index contributed by atoms with van der Waals surface area (Å²) in [7, 11) is 0. The van der Waals surface area contributed by atoms with E-state index in [1.807, 2.05) is 24.3 Å². The smallest absolute Gasteiger partial charge is 0.241 e. The van der Waals surface area contributed by atoms with Crippen LogP contribution in [0, 0.1) is 0 Å². The van der Waals surface area contributed by atoms with Gasteiger partial charge in [0.2, 0.25) is 5.91 Å². The van der Waals surface area contributed by atoms with Gasteiger partial charge in [0, 0.05) is 11.8 Å². The largest absolute Gasteiger partial charge is 0.457 e. The van der Waals surface area contributed by atoms with E-state index in [2.05, 4.69) is 24.4 Å². The summed E-state index contributed by atoms with van der Waals surface area (Å²) in [5.74, 6) is 1.23. The Morgan fingerprint density at radius 1 is 1.17 bits per heavy atom. The molecule has 0 saturated carbocycles. The Labute approximate surface area is 137 Å². The number of unbranched alkanes of at least 4 members (excludes halogenated alkanes) is 1. The first-order valence-electron chi connectivity index (χ1n) is 8.02. The van der Waals surface area contributed by atoms with E-state index in [1.54, 1.807) is 19.1 Å². The monoisotopic (exact) mass is 312 g/mol. The quantitative estimate of drug-likeness (QED) is 0.808. The van der Waals surface area contributed by atoms with Crippen LogP contribution in [0.1, 0.15) is 32.3 Å². The van der Waals surface area contributed by atoms with Crippen LogP contribution in [0.15, 0.2) is 48.5 Å². The van der Waals surface area contributed by atoms with Crippen LogP contribution in [0.25, 0.3) is 0 Å². The molecule has 4 heteroatoms. The average Bonchev–Trinajstić information content (AvgIpc) is 2.54. The summed E-state index contributed by atoms with van der Waals surface area (Å²) in [6.45, 7) is 3.84. The fraction of sp³-hybridized carbons (Fsp3) is 0.316. The summed E-state index contributed by atoms with van der Waals surface area (Å²) < 4.78 is 5.84. The fourth-order valence-electron chi connectivity index (χ4n) is 2.13. The van der Waals surface area contributed by atoms with Crippen molar-refractivity contribution in [1.29, 1.82) is 0 Å². The summed E-state index contributed by atoms with van der Waals surface area (Å²) in [5.41, 5.74) is 7.54. The average molecular weight is 312 g/mol. The molecule has 0 aliphatic heterocycles. The SMILES string of the molecule is CCCCc1ccc(Oc2cccc(NC(=O)C(C)N)c2)cc1. The Kier molecular flexibility index (Phi) is 6.18. The summed E-state index contributed by atoms with van der Waals surface area (Å²) in [4.78, 5) is 11.6. The molecule has 0 spiro atoms. The Morgan fingerprint density at radius 2 is 1.91 bits per heavy atom. The first-order chi connectivity index (χ1) is 11.1. The van der Waals surface area contributed by atoms with E-state index in [9.17, 15) is 4.79 Å². The van der Waals surface area contributed by atoms with Gasteiger partial charge in [-0.3, -0.25) is 4.79 Å². The van der Waals surface area contributed by atoms with Gasteiger partial charge in [0.15, 0.2) is 0 Å². The molecule has 23 heavy (non-hydrogen) atoms. The summed E-state index contributed by atoms with van der Waals surface area (Å²) in [6.07, 6.45) is 3.48. The molecule has 0 aromatic heterocycles. The van der Waals surface area contributed by atoms with Gasteiger partial charge >= 0.3 is 0 Å². The minimum absolute atomic E-state index is 0.220. The van der Waals surface area contributed by atoms with Gasteiger partial charge in [-0.15, -0.1) is 0 Å². The van der Waals surface area contributed by atoms with Gasteiger partial charge in [-0.25, -0.2) is 0 Å². The Morgan fingerprint density at radius 3 is 2.57 bits per heavy atom. The Balaban J connectivity index is 2.01. The Bertz CT molecular complexity index is 636. The molecular weight excluding hydrogens is 288 g/mol. The molecule has 2 rings (SSSR count). The van der Waals surface area contributed by atoms with E-state index in [1.165, 1.54) is 18.4 Å². The van der Waals surface area contributed by atoms with Crippen LogP contribution in [-0.2, 0) is 11.2 Å². The minimum atomic E-state index is -0.546. The molecule has 2 aromatic carbocycles. The molecule has 0 aliphatic rings. The van der Waals surface area contributed by atoms with Gasteiger partial charge in [0.05, 0.1) is 6.04 Å². The number of hydrogen-bond donors (Lipinski definition) is 2. The summed E-state index contributed by atoms with van der Waals surface area (Å²) >= 11 is 0. The van der Waals surface area contributed by atoms with Crippen molar-refractivity contribution in [2.75, 3.05) is 5.32 Å². The van der Waals surface area contributed by atoms with Crippen molar-refractivity contribution in [1.82, 2.24) is 0 Å². The van der Waals surface area contributed by atoms with Gasteiger partial charge in [-0.05, 0) is 49.6 Å². The van der Waals surface area contributed by atoms with Gasteiger partial charge in [0.25, 0.3) is 0 Å². The molecule has 0 saturated heterocycles. The van der Waals surface area contributed by atoms with Gasteiger partial charge in [-0.2, -0.15) is 0 Å². The second-order valence-corrected chi connectivity index (χ2v) is 5.66. The third-order valence-electron chi connectivity index (χ3n) is 3.49. The number of carbonyl (C=O) groups is 1. The van der Waals surface area contributed by atoms with Crippen molar-refractivity contribution >= 4 is 11.6 Å². The van der Waals surface area contributed by atoms with E-state index in [4.69, 9.17) is 10.5 Å². The van der Waals surface area contributed by atoms with E-state index >= 15 is 0 Å². The van der Waals surface area contributed by atoms with Crippen molar-refractivity contribution in [2.45, 2.75) is 39.2 Å². The molecule has 1 amide bonds. The van der Waals surface area contributed by atoms with Crippen LogP contribution >= 0.6 is 0 Å². The van der Waals surface area contributed by atoms with Crippen LogP contribution in [0.2, 0.25) is 0 Å². The lowest BCUT2D eigenvalue weighted by Crippen LogP contribution is -2.32. The number of carbonyl (C=O) groups excluding carboxylic acids is 1. The Hall–Kier alpha value is -2.33. The fourth-order valence-corrected chi connectivity index (χ4v) is 2.13. The second kappa shape index (κ2) is 8.34. The molecule has 0 fully saturated rings. The van der Waals surface area contributed by atoms with E-state index < -0.39 is 6.04 Å². The van der Waals surface area contributed by atoms with Gasteiger partial charge in [-0.1, -0.05) is 31.5 Å². The zero-order valence-corrected chi connectivity index (χ0v) is 13.7. The lowest BCUT2D eigenvalue weighted by atomic mass is 10.1. The number of aryl methyl sites for hydroxylation is 1. The molecule has 3 N–H and O–H groups in total. The minimum Gasteiger partial charge on any atom is -0.457 e. The van der Waals surface area contributed by atoms with Crippen molar-refractivity contribution in [3.05, 3.63) is 54.1 Å². The van der Waals surface area contributed by atoms with Crippen LogP contribution in [0.5, 0.6) is 11.5 Å². The molecule has 0 radical (unpaired) electrons. The maximum atomic E-state index is 11.6. The highest BCUT2D eigenvalue weighted by atomic mass is 16.5. The number of nitrogens with two attached hydrogens (primary N) is 1. The van der Waals surface area contributed by atoms with E-state index in [0.29, 0.717) is 11.4 Å². The van der Waals surface area contributed by atoms with Crippen molar-refractivity contribution < 1.29 is 9.53 Å². The predicted molar refractivity (Wildman–Crippen MR) is 93.8 cm³/mol. The van der Waals surface area contributed by atoms with Crippen LogP contribution in [0.3, 0.4) is 0 Å². The zero-order valence-electron chi connectivity index (χ0n) is 13.7. The molecule has 0 heterocycles. The predicted octanol–water partition coefficient (Wildman–Crippen LogP) is 4.11. The molecule has 2 aromatic rings. The highest BCUT2D eigenvalue weighted by molar-refractivity contribution is 5.94. The zero-order chi connectivity index (χ0) is 16.7. The third-order valence-corrected chi connectivity index (χ3v) is 3.49. The molecule has 0 aliphatic carbocycles. The van der Waals surface area contributed by atoms with Crippen LogP contribution < -0.4 is 15.8 Å². The molecule has 0 bridgehead atoms. The number of benzene rings is 2. The standard InChI is InChI=1S/C19H24N2O2/c1-3-4-6-15-9-11-17(12-10-15)23-18-8-5-7-16(13-18)21-19(22)14(2)20/h5,7-14H,3-4,6,20H2,1-2H3,(H,21,22). The second-order valence-electron chi connectivity index (χ2n) is 5.66. The molecule has 4 nitrogen and oxygen atoms in total. The highest BCUT2D eigenvalue weighted by Crippen LogP contribution is 2.24. The van der Waals surface area contributed by atoms with Crippen molar-refractivity contribution in [3.63, 3.8) is 0 Å². The number of nitrogens with one attached hydrogen (secondary N) is 1. The topological polar surface area (TPSA) is 64.3 Å². The van der Waals surface area contributed by atoms with Gasteiger partial charge in [0.1, 0.15) is 11.5 Å². The molecule has 1 atom stereocenters. The lowest BCUT2D eigenvalue weighted by Gasteiger charge is -2.10. The number of ether oxygens (including phenoxy) is 1. The maximum Gasteiger partial charge on any atom is 0.241 e. The normalized spacial score (nSPS) is 11.8. The van der Waals surface area contributed by atoms with Gasteiger partial charge < -0.3 is 15.8 Å². The highest BCUT2D eigenvalue weighted by Gasteiger charge is 2.08. The van der Waals surface area contributed by atoms with Crippen LogP contribution in [0.4, 0.5) is 5.69 Å². The van der Waals surface area contributed by atoms with E-state index in [-0.39, 0.29) is 5.91 Å². The summed E-state index contributed by atoms with van der Waals surface area (Å²) in [5, 5.41) is 2.76. The van der Waals surface area contributed by atoms with Crippen molar-refractivity contribution in [3.8, 4) is 11.5 Å². The van der Waals surface area contributed by atoms with Crippen LogP contribution in [-0.4, -0.2) is 11.9 Å². The molecule has 122 valence electrons. The number of anilines is 1. The lowest BCUT2D eigenvalue weighted by molar-refractivity contribution is -0.117. The first-order valence-corrected chi connectivity index (χ1v) is 8.02.